The van der Waals surface area contributed by atoms with Crippen molar-refractivity contribution >= 4 is 11.3 Å². The maximum atomic E-state index is 3.44. The van der Waals surface area contributed by atoms with E-state index in [1.54, 1.807) is 0 Å². The molecule has 2 rings (SSSR count). The van der Waals surface area contributed by atoms with E-state index in [0.717, 1.165) is 12.5 Å². The van der Waals surface area contributed by atoms with Gasteiger partial charge in [0.25, 0.3) is 0 Å². The van der Waals surface area contributed by atoms with Crippen LogP contribution in [-0.4, -0.2) is 30.6 Å². The van der Waals surface area contributed by atoms with Crippen LogP contribution in [0.1, 0.15) is 25.1 Å². The van der Waals surface area contributed by atoms with Gasteiger partial charge in [-0.25, -0.2) is 0 Å². The zero-order valence-corrected chi connectivity index (χ0v) is 11.3. The number of likely N-dealkylation sites (tertiary alicyclic amines) is 1. The Balaban J connectivity index is 1.97. The number of hydrogen-bond acceptors (Lipinski definition) is 3. The Morgan fingerprint density at radius 1 is 1.50 bits per heavy atom. The third-order valence-electron chi connectivity index (χ3n) is 4.01. The highest BCUT2D eigenvalue weighted by Crippen LogP contribution is 2.25. The molecule has 0 aromatic carbocycles. The first kappa shape index (κ1) is 12.1. The van der Waals surface area contributed by atoms with Gasteiger partial charge in [-0.2, -0.15) is 0 Å². The van der Waals surface area contributed by atoms with Gasteiger partial charge in [0, 0.05) is 30.1 Å². The minimum absolute atomic E-state index is 0.674. The molecule has 90 valence electrons. The monoisotopic (exact) mass is 238 g/mol. The van der Waals surface area contributed by atoms with Gasteiger partial charge in [0.1, 0.15) is 0 Å². The van der Waals surface area contributed by atoms with Crippen molar-refractivity contribution in [3.05, 3.63) is 22.4 Å². The molecule has 3 heteroatoms. The molecule has 1 saturated heterocycles. The lowest BCUT2D eigenvalue weighted by molar-refractivity contribution is 0.0820. The zero-order valence-electron chi connectivity index (χ0n) is 10.4. The first-order valence-electron chi connectivity index (χ1n) is 6.16. The number of thiophene rings is 1. The van der Waals surface area contributed by atoms with E-state index >= 15 is 0 Å². The van der Waals surface area contributed by atoms with Gasteiger partial charge in [0.15, 0.2) is 0 Å². The Kier molecular flexibility index (Phi) is 4.00. The average molecular weight is 238 g/mol. The quantitative estimate of drug-likeness (QED) is 0.870. The van der Waals surface area contributed by atoms with Gasteiger partial charge in [-0.3, -0.25) is 4.90 Å². The second-order valence-corrected chi connectivity index (χ2v) is 5.87. The summed E-state index contributed by atoms with van der Waals surface area (Å²) < 4.78 is 0. The maximum absolute atomic E-state index is 3.44. The molecule has 1 aromatic rings. The smallest absolute Gasteiger partial charge is 0.0330 e. The molecule has 0 saturated carbocycles. The molecule has 1 aliphatic heterocycles. The SMILES string of the molecule is CNC1CCN(Cc2cccs2)C(C)C1C. The standard InChI is InChI=1S/C13H22N2S/c1-10-11(2)15(7-6-13(10)14-3)9-12-5-4-8-16-12/h4-5,8,10-11,13-14H,6-7,9H2,1-3H3. The van der Waals surface area contributed by atoms with Crippen LogP contribution >= 0.6 is 11.3 Å². The normalized spacial score (nSPS) is 31.8. The zero-order chi connectivity index (χ0) is 11.5. The summed E-state index contributed by atoms with van der Waals surface area (Å²) in [4.78, 5) is 4.10. The van der Waals surface area contributed by atoms with Crippen LogP contribution in [0.2, 0.25) is 0 Å². The lowest BCUT2D eigenvalue weighted by Gasteiger charge is -2.42. The molecule has 0 bridgehead atoms. The second kappa shape index (κ2) is 5.30. The number of piperidine rings is 1. The summed E-state index contributed by atoms with van der Waals surface area (Å²) >= 11 is 1.87. The fraction of sp³-hybridized carbons (Fsp3) is 0.692. The average Bonchev–Trinajstić information content (AvgIpc) is 2.78. The molecule has 1 fully saturated rings. The third-order valence-corrected chi connectivity index (χ3v) is 4.87. The Bertz CT molecular complexity index is 310. The van der Waals surface area contributed by atoms with Crippen molar-refractivity contribution in [2.45, 2.75) is 38.9 Å². The van der Waals surface area contributed by atoms with Crippen LogP contribution in [0, 0.1) is 5.92 Å². The molecule has 3 atom stereocenters. The van der Waals surface area contributed by atoms with Gasteiger partial charge in [-0.05, 0) is 37.8 Å². The minimum Gasteiger partial charge on any atom is -0.317 e. The van der Waals surface area contributed by atoms with Gasteiger partial charge in [0.2, 0.25) is 0 Å². The largest absolute Gasteiger partial charge is 0.317 e. The second-order valence-electron chi connectivity index (χ2n) is 4.83. The molecule has 0 spiro atoms. The number of nitrogens with one attached hydrogen (secondary N) is 1. The summed E-state index contributed by atoms with van der Waals surface area (Å²) in [6.07, 6.45) is 1.27. The first-order valence-corrected chi connectivity index (χ1v) is 7.04. The van der Waals surface area contributed by atoms with Crippen LogP contribution < -0.4 is 5.32 Å². The molecular formula is C13H22N2S. The molecule has 1 aromatic heterocycles. The van der Waals surface area contributed by atoms with Crippen molar-refractivity contribution in [2.24, 2.45) is 5.92 Å². The lowest BCUT2D eigenvalue weighted by atomic mass is 9.87. The van der Waals surface area contributed by atoms with Crippen molar-refractivity contribution < 1.29 is 0 Å². The molecule has 2 nitrogen and oxygen atoms in total. The number of rotatable bonds is 3. The molecule has 2 heterocycles. The van der Waals surface area contributed by atoms with Crippen molar-refractivity contribution in [3.8, 4) is 0 Å². The van der Waals surface area contributed by atoms with E-state index in [2.05, 4.69) is 48.6 Å². The van der Waals surface area contributed by atoms with Crippen LogP contribution in [0.15, 0.2) is 17.5 Å². The van der Waals surface area contributed by atoms with E-state index in [1.807, 2.05) is 11.3 Å². The maximum Gasteiger partial charge on any atom is 0.0330 e. The summed E-state index contributed by atoms with van der Waals surface area (Å²) in [5.74, 6) is 0.735. The summed E-state index contributed by atoms with van der Waals surface area (Å²) in [5, 5.41) is 5.61. The topological polar surface area (TPSA) is 15.3 Å². The van der Waals surface area contributed by atoms with Crippen LogP contribution in [0.5, 0.6) is 0 Å². The Labute approximate surface area is 103 Å². The lowest BCUT2D eigenvalue weighted by Crippen LogP contribution is -2.52. The molecule has 1 aliphatic rings. The fourth-order valence-electron chi connectivity index (χ4n) is 2.67. The highest BCUT2D eigenvalue weighted by Gasteiger charge is 2.31. The predicted molar refractivity (Wildman–Crippen MR) is 70.8 cm³/mol. The van der Waals surface area contributed by atoms with Crippen molar-refractivity contribution in [3.63, 3.8) is 0 Å². The van der Waals surface area contributed by atoms with E-state index < -0.39 is 0 Å². The fourth-order valence-corrected chi connectivity index (χ4v) is 3.40. The minimum atomic E-state index is 0.674. The van der Waals surface area contributed by atoms with Gasteiger partial charge in [-0.1, -0.05) is 13.0 Å². The Hall–Kier alpha value is -0.380. The third kappa shape index (κ3) is 2.47. The molecule has 0 amide bonds. The molecule has 1 N–H and O–H groups in total. The van der Waals surface area contributed by atoms with Crippen molar-refractivity contribution in [2.75, 3.05) is 13.6 Å². The van der Waals surface area contributed by atoms with E-state index in [9.17, 15) is 0 Å². The Morgan fingerprint density at radius 3 is 2.94 bits per heavy atom. The summed E-state index contributed by atoms with van der Waals surface area (Å²) in [6.45, 7) is 7.07. The van der Waals surface area contributed by atoms with Crippen LogP contribution in [-0.2, 0) is 6.54 Å². The number of nitrogens with zero attached hydrogens (tertiary/aromatic N) is 1. The van der Waals surface area contributed by atoms with Gasteiger partial charge < -0.3 is 5.32 Å². The molecule has 0 aliphatic carbocycles. The van der Waals surface area contributed by atoms with Gasteiger partial charge >= 0.3 is 0 Å². The van der Waals surface area contributed by atoms with Crippen molar-refractivity contribution in [1.82, 2.24) is 10.2 Å². The van der Waals surface area contributed by atoms with E-state index in [0.29, 0.717) is 12.1 Å². The molecule has 0 radical (unpaired) electrons. The van der Waals surface area contributed by atoms with Crippen LogP contribution in [0.25, 0.3) is 0 Å². The first-order chi connectivity index (χ1) is 7.72. The highest BCUT2D eigenvalue weighted by molar-refractivity contribution is 7.09. The van der Waals surface area contributed by atoms with Gasteiger partial charge in [0.05, 0.1) is 0 Å². The van der Waals surface area contributed by atoms with Crippen molar-refractivity contribution in [1.29, 1.82) is 0 Å². The Morgan fingerprint density at radius 2 is 2.31 bits per heavy atom. The van der Waals surface area contributed by atoms with E-state index in [1.165, 1.54) is 17.8 Å². The molecule has 16 heavy (non-hydrogen) atoms. The van der Waals surface area contributed by atoms with Gasteiger partial charge in [-0.15, -0.1) is 11.3 Å². The summed E-state index contributed by atoms with van der Waals surface area (Å²) in [5.41, 5.74) is 0. The van der Waals surface area contributed by atoms with Crippen LogP contribution in [0.4, 0.5) is 0 Å². The molecule has 3 unspecified atom stereocenters. The predicted octanol–water partition coefficient (Wildman–Crippen LogP) is 2.57. The number of hydrogen-bond donors (Lipinski definition) is 1. The van der Waals surface area contributed by atoms with E-state index in [4.69, 9.17) is 0 Å². The highest BCUT2D eigenvalue weighted by atomic mass is 32.1. The summed E-state index contributed by atoms with van der Waals surface area (Å²) in [6, 6.07) is 5.75. The summed E-state index contributed by atoms with van der Waals surface area (Å²) in [7, 11) is 2.09. The molecular weight excluding hydrogens is 216 g/mol. The van der Waals surface area contributed by atoms with Crippen LogP contribution in [0.3, 0.4) is 0 Å². The van der Waals surface area contributed by atoms with E-state index in [-0.39, 0.29) is 0 Å².